The van der Waals surface area contributed by atoms with Gasteiger partial charge in [0.2, 0.25) is 0 Å². The van der Waals surface area contributed by atoms with E-state index in [0.717, 1.165) is 27.0 Å². The second-order valence-corrected chi connectivity index (χ2v) is 8.84. The number of hydrogen-bond acceptors (Lipinski definition) is 5. The number of hydrogen-bond donors (Lipinski definition) is 0. The minimum atomic E-state index is 0.0747. The van der Waals surface area contributed by atoms with Crippen molar-refractivity contribution in [2.45, 2.75) is 23.2 Å². The molecule has 2 aromatic carbocycles. The van der Waals surface area contributed by atoms with Gasteiger partial charge in [0.15, 0.2) is 10.9 Å². The third kappa shape index (κ3) is 5.83. The molecule has 0 saturated heterocycles. The van der Waals surface area contributed by atoms with Crippen LogP contribution in [0.1, 0.15) is 21.7 Å². The van der Waals surface area contributed by atoms with Gasteiger partial charge in [-0.15, -0.1) is 28.5 Å². The van der Waals surface area contributed by atoms with E-state index in [1.54, 1.807) is 11.8 Å². The average Bonchev–Trinajstić information content (AvgIpc) is 3.09. The zero-order chi connectivity index (χ0) is 19.8. The number of allylic oxidation sites excluding steroid dienone is 1. The summed E-state index contributed by atoms with van der Waals surface area (Å²) in [6.07, 6.45) is 1.83. The summed E-state index contributed by atoms with van der Waals surface area (Å²) < 4.78 is 2.99. The van der Waals surface area contributed by atoms with Crippen LogP contribution in [0, 0.1) is 0 Å². The fourth-order valence-corrected chi connectivity index (χ4v) is 4.58. The van der Waals surface area contributed by atoms with E-state index in [1.807, 2.05) is 53.1 Å². The maximum atomic E-state index is 12.4. The Labute approximate surface area is 182 Å². The van der Waals surface area contributed by atoms with Gasteiger partial charge < -0.3 is 4.57 Å². The number of Topliss-reactive ketones (excluding diaryl/α,β-unsaturated/α-hetero) is 1. The molecule has 3 rings (SSSR count). The molecular formula is C21H20BrN3OS2. The minimum absolute atomic E-state index is 0.0747. The van der Waals surface area contributed by atoms with Crippen LogP contribution in [0.4, 0.5) is 0 Å². The fraction of sp³-hybridized carbons (Fsp3) is 0.190. The number of nitrogens with zero attached hydrogens (tertiary/aromatic N) is 3. The largest absolute Gasteiger partial charge is 0.301 e. The lowest BCUT2D eigenvalue weighted by molar-refractivity contribution is 0.102. The molecule has 0 radical (unpaired) electrons. The number of benzene rings is 2. The highest BCUT2D eigenvalue weighted by molar-refractivity contribution is 9.10. The second kappa shape index (κ2) is 10.6. The van der Waals surface area contributed by atoms with E-state index in [-0.39, 0.29) is 5.78 Å². The van der Waals surface area contributed by atoms with Gasteiger partial charge in [-0.25, -0.2) is 0 Å². The SMILES string of the molecule is C=CCn1c(CSCc2ccccc2)nnc1SCC(=O)c1ccc(Br)cc1. The quantitative estimate of drug-likeness (QED) is 0.216. The summed E-state index contributed by atoms with van der Waals surface area (Å²) in [6.45, 7) is 4.46. The Morgan fingerprint density at radius 2 is 1.82 bits per heavy atom. The molecule has 3 aromatic rings. The summed E-state index contributed by atoms with van der Waals surface area (Å²) in [5.41, 5.74) is 1.99. The summed E-state index contributed by atoms with van der Waals surface area (Å²) in [5, 5.41) is 9.38. The first-order chi connectivity index (χ1) is 13.7. The maximum Gasteiger partial charge on any atom is 0.191 e. The van der Waals surface area contributed by atoms with Crippen molar-refractivity contribution in [3.05, 3.63) is 88.7 Å². The predicted molar refractivity (Wildman–Crippen MR) is 121 cm³/mol. The van der Waals surface area contributed by atoms with E-state index in [9.17, 15) is 4.79 Å². The Morgan fingerprint density at radius 1 is 1.07 bits per heavy atom. The van der Waals surface area contributed by atoms with Crippen molar-refractivity contribution in [2.24, 2.45) is 0 Å². The van der Waals surface area contributed by atoms with Crippen molar-refractivity contribution in [1.82, 2.24) is 14.8 Å². The van der Waals surface area contributed by atoms with Crippen LogP contribution in [-0.4, -0.2) is 26.3 Å². The standard InChI is InChI=1S/C21H20BrN3OS2/c1-2-12-25-20(15-27-13-16-6-4-3-5-7-16)23-24-21(25)28-14-19(26)17-8-10-18(22)11-9-17/h2-11H,1,12-15H2. The predicted octanol–water partition coefficient (Wildman–Crippen LogP) is 5.64. The molecule has 144 valence electrons. The van der Waals surface area contributed by atoms with Crippen molar-refractivity contribution in [2.75, 3.05) is 5.75 Å². The lowest BCUT2D eigenvalue weighted by Gasteiger charge is -2.07. The first-order valence-electron chi connectivity index (χ1n) is 8.73. The second-order valence-electron chi connectivity index (χ2n) is 6.00. The monoisotopic (exact) mass is 473 g/mol. The topological polar surface area (TPSA) is 47.8 Å². The Kier molecular flexibility index (Phi) is 7.94. The van der Waals surface area contributed by atoms with E-state index in [0.29, 0.717) is 17.9 Å². The number of rotatable bonds is 10. The number of thioether (sulfide) groups is 2. The van der Waals surface area contributed by atoms with Gasteiger partial charge in [-0.05, 0) is 17.7 Å². The molecule has 1 aromatic heterocycles. The van der Waals surface area contributed by atoms with Crippen molar-refractivity contribution >= 4 is 45.2 Å². The van der Waals surface area contributed by atoms with Crippen LogP contribution in [0.15, 0.2) is 76.9 Å². The molecule has 0 N–H and O–H groups in total. The van der Waals surface area contributed by atoms with Crippen LogP contribution < -0.4 is 0 Å². The van der Waals surface area contributed by atoms with Crippen molar-refractivity contribution < 1.29 is 4.79 Å². The van der Waals surface area contributed by atoms with Gasteiger partial charge >= 0.3 is 0 Å². The lowest BCUT2D eigenvalue weighted by Crippen LogP contribution is -2.06. The number of carbonyl (C=O) groups excluding carboxylic acids is 1. The van der Waals surface area contributed by atoms with E-state index >= 15 is 0 Å². The van der Waals surface area contributed by atoms with Gasteiger partial charge in [0.1, 0.15) is 5.82 Å². The molecule has 1 heterocycles. The van der Waals surface area contributed by atoms with Crippen LogP contribution >= 0.6 is 39.5 Å². The lowest BCUT2D eigenvalue weighted by atomic mass is 10.2. The molecule has 0 bridgehead atoms. The van der Waals surface area contributed by atoms with Crippen LogP contribution in [-0.2, 0) is 18.1 Å². The molecule has 0 spiro atoms. The Morgan fingerprint density at radius 3 is 2.54 bits per heavy atom. The molecule has 0 unspecified atom stereocenters. The van der Waals surface area contributed by atoms with Crippen molar-refractivity contribution in [3.63, 3.8) is 0 Å². The third-order valence-electron chi connectivity index (χ3n) is 3.95. The van der Waals surface area contributed by atoms with Crippen molar-refractivity contribution in [3.8, 4) is 0 Å². The van der Waals surface area contributed by atoms with Gasteiger partial charge in [0.05, 0.1) is 11.5 Å². The summed E-state index contributed by atoms with van der Waals surface area (Å²) in [6, 6.07) is 17.8. The van der Waals surface area contributed by atoms with E-state index in [2.05, 4.69) is 44.8 Å². The number of carbonyl (C=O) groups is 1. The molecule has 28 heavy (non-hydrogen) atoms. The van der Waals surface area contributed by atoms with Crippen LogP contribution in [0.5, 0.6) is 0 Å². The normalized spacial score (nSPS) is 10.8. The molecular weight excluding hydrogens is 454 g/mol. The molecule has 0 fully saturated rings. The van der Waals surface area contributed by atoms with E-state index in [4.69, 9.17) is 0 Å². The summed E-state index contributed by atoms with van der Waals surface area (Å²) in [5.74, 6) is 2.99. The molecule has 0 aliphatic rings. The third-order valence-corrected chi connectivity index (χ3v) is 6.44. The van der Waals surface area contributed by atoms with Gasteiger partial charge in [-0.2, -0.15) is 0 Å². The average molecular weight is 474 g/mol. The van der Waals surface area contributed by atoms with Crippen LogP contribution in [0.2, 0.25) is 0 Å². The van der Waals surface area contributed by atoms with E-state index in [1.165, 1.54) is 17.3 Å². The fourth-order valence-electron chi connectivity index (χ4n) is 2.53. The number of aromatic nitrogens is 3. The minimum Gasteiger partial charge on any atom is -0.301 e. The van der Waals surface area contributed by atoms with Crippen LogP contribution in [0.3, 0.4) is 0 Å². The number of ketones is 1. The van der Waals surface area contributed by atoms with Crippen molar-refractivity contribution in [1.29, 1.82) is 0 Å². The Bertz CT molecular complexity index is 927. The summed E-state index contributed by atoms with van der Waals surface area (Å²) >= 11 is 6.60. The summed E-state index contributed by atoms with van der Waals surface area (Å²) in [7, 11) is 0. The van der Waals surface area contributed by atoms with E-state index < -0.39 is 0 Å². The number of halogens is 1. The molecule has 0 aliphatic carbocycles. The first kappa shape index (κ1) is 20.9. The highest BCUT2D eigenvalue weighted by atomic mass is 79.9. The van der Waals surface area contributed by atoms with Crippen LogP contribution in [0.25, 0.3) is 0 Å². The molecule has 0 aliphatic heterocycles. The van der Waals surface area contributed by atoms with Gasteiger partial charge in [-0.1, -0.05) is 76.2 Å². The smallest absolute Gasteiger partial charge is 0.191 e. The van der Waals surface area contributed by atoms with Gasteiger partial charge in [-0.3, -0.25) is 4.79 Å². The Hall–Kier alpha value is -1.83. The molecule has 4 nitrogen and oxygen atoms in total. The van der Waals surface area contributed by atoms with Gasteiger partial charge in [0, 0.05) is 22.3 Å². The first-order valence-corrected chi connectivity index (χ1v) is 11.7. The molecule has 7 heteroatoms. The maximum absolute atomic E-state index is 12.4. The molecule has 0 amide bonds. The van der Waals surface area contributed by atoms with Gasteiger partial charge in [0.25, 0.3) is 0 Å². The zero-order valence-corrected chi connectivity index (χ0v) is 18.5. The Balaban J connectivity index is 1.60. The summed E-state index contributed by atoms with van der Waals surface area (Å²) in [4.78, 5) is 12.4. The zero-order valence-electron chi connectivity index (χ0n) is 15.3. The molecule has 0 saturated carbocycles. The molecule has 0 atom stereocenters. The highest BCUT2D eigenvalue weighted by Crippen LogP contribution is 2.23. The highest BCUT2D eigenvalue weighted by Gasteiger charge is 2.14.